The lowest BCUT2D eigenvalue weighted by Crippen LogP contribution is -2.09. The van der Waals surface area contributed by atoms with Crippen LogP contribution in [0.4, 0.5) is 5.69 Å². The van der Waals surface area contributed by atoms with E-state index in [0.29, 0.717) is 24.5 Å². The number of nitrogen functional groups attached to an aromatic ring is 1. The molecule has 9 heteroatoms. The Hall–Kier alpha value is -1.48. The van der Waals surface area contributed by atoms with E-state index in [2.05, 4.69) is 31.5 Å². The van der Waals surface area contributed by atoms with Crippen molar-refractivity contribution >= 4 is 31.5 Å². The Labute approximate surface area is 125 Å². The van der Waals surface area contributed by atoms with Crippen molar-refractivity contribution in [1.29, 1.82) is 0 Å². The van der Waals surface area contributed by atoms with Crippen LogP contribution < -0.4 is 5.73 Å². The second kappa shape index (κ2) is 5.88. The molecular formula is C11H14BrN5O2S. The molecule has 0 bridgehead atoms. The Morgan fingerprint density at radius 2 is 2.15 bits per heavy atom. The number of anilines is 1. The molecule has 0 spiro atoms. The summed E-state index contributed by atoms with van der Waals surface area (Å²) in [6.45, 7) is 0.436. The number of aryl methyl sites for hydroxylation is 1. The normalized spacial score (nSPS) is 11.7. The van der Waals surface area contributed by atoms with E-state index in [9.17, 15) is 8.42 Å². The van der Waals surface area contributed by atoms with Gasteiger partial charge in [-0.1, -0.05) is 0 Å². The fourth-order valence-corrected chi connectivity index (χ4v) is 2.62. The van der Waals surface area contributed by atoms with Gasteiger partial charge in [0.05, 0.1) is 5.75 Å². The summed E-state index contributed by atoms with van der Waals surface area (Å²) in [5.74, 6) is 0.673. The predicted octanol–water partition coefficient (Wildman–Crippen LogP) is 1.12. The molecule has 108 valence electrons. The molecule has 0 aliphatic carbocycles. The van der Waals surface area contributed by atoms with Crippen molar-refractivity contribution in [1.82, 2.24) is 20.2 Å². The summed E-state index contributed by atoms with van der Waals surface area (Å²) in [6.07, 6.45) is 1.67. The molecule has 0 saturated heterocycles. The van der Waals surface area contributed by atoms with Gasteiger partial charge < -0.3 is 5.73 Å². The standard InChI is InChI=1S/C11H14BrN5O2S/c1-20(18,19)6-2-5-17-11(14-15-16-17)8-3-4-9(12)10(13)7-8/h3-4,7H,2,5-6,13H2,1H3. The molecule has 1 aromatic carbocycles. The van der Waals surface area contributed by atoms with Gasteiger partial charge in [-0.05, 0) is 51.0 Å². The Morgan fingerprint density at radius 1 is 1.40 bits per heavy atom. The molecule has 2 rings (SSSR count). The maximum Gasteiger partial charge on any atom is 0.182 e. The second-order valence-electron chi connectivity index (χ2n) is 4.45. The summed E-state index contributed by atoms with van der Waals surface area (Å²) in [6, 6.07) is 5.43. The zero-order valence-corrected chi connectivity index (χ0v) is 13.2. The molecule has 0 unspecified atom stereocenters. The van der Waals surface area contributed by atoms with E-state index < -0.39 is 9.84 Å². The van der Waals surface area contributed by atoms with Crippen molar-refractivity contribution < 1.29 is 8.42 Å². The molecular weight excluding hydrogens is 346 g/mol. The number of hydrogen-bond donors (Lipinski definition) is 1. The Bertz CT molecular complexity index is 713. The number of nitrogens with two attached hydrogens (primary N) is 1. The largest absolute Gasteiger partial charge is 0.398 e. The molecule has 2 N–H and O–H groups in total. The van der Waals surface area contributed by atoms with E-state index >= 15 is 0 Å². The molecule has 0 radical (unpaired) electrons. The summed E-state index contributed by atoms with van der Waals surface area (Å²) in [5.41, 5.74) is 7.21. The Balaban J connectivity index is 2.17. The van der Waals surface area contributed by atoms with Crippen LogP contribution in [0.2, 0.25) is 0 Å². The van der Waals surface area contributed by atoms with E-state index in [0.717, 1.165) is 10.0 Å². The number of sulfone groups is 1. The van der Waals surface area contributed by atoms with Crippen LogP contribution in [-0.2, 0) is 16.4 Å². The van der Waals surface area contributed by atoms with Crippen molar-refractivity contribution in [3.8, 4) is 11.4 Å². The lowest BCUT2D eigenvalue weighted by molar-refractivity contribution is 0.567. The number of aromatic nitrogens is 4. The van der Waals surface area contributed by atoms with Crippen LogP contribution >= 0.6 is 15.9 Å². The molecule has 20 heavy (non-hydrogen) atoms. The third-order valence-corrected chi connectivity index (χ3v) is 4.42. The number of hydrogen-bond acceptors (Lipinski definition) is 6. The van der Waals surface area contributed by atoms with Crippen LogP contribution in [0.1, 0.15) is 6.42 Å². The lowest BCUT2D eigenvalue weighted by atomic mass is 10.2. The third-order valence-electron chi connectivity index (χ3n) is 2.67. The summed E-state index contributed by atoms with van der Waals surface area (Å²) >= 11 is 3.32. The first-order chi connectivity index (χ1) is 9.37. The van der Waals surface area contributed by atoms with Crippen LogP contribution in [-0.4, -0.2) is 40.6 Å². The van der Waals surface area contributed by atoms with Crippen LogP contribution in [0.25, 0.3) is 11.4 Å². The summed E-state index contributed by atoms with van der Waals surface area (Å²) in [4.78, 5) is 0. The molecule has 0 aliphatic heterocycles. The van der Waals surface area contributed by atoms with E-state index in [4.69, 9.17) is 5.73 Å². The summed E-state index contributed by atoms with van der Waals surface area (Å²) in [7, 11) is -2.98. The van der Waals surface area contributed by atoms with Gasteiger partial charge in [0, 0.05) is 28.5 Å². The van der Waals surface area contributed by atoms with Crippen molar-refractivity contribution in [2.24, 2.45) is 0 Å². The zero-order chi connectivity index (χ0) is 14.8. The van der Waals surface area contributed by atoms with Gasteiger partial charge in [-0.2, -0.15) is 0 Å². The van der Waals surface area contributed by atoms with Crippen molar-refractivity contribution in [3.05, 3.63) is 22.7 Å². The van der Waals surface area contributed by atoms with Gasteiger partial charge in [0.1, 0.15) is 9.84 Å². The van der Waals surface area contributed by atoms with E-state index in [1.165, 1.54) is 6.26 Å². The SMILES string of the molecule is CS(=O)(=O)CCCn1nnnc1-c1ccc(Br)c(N)c1. The highest BCUT2D eigenvalue weighted by atomic mass is 79.9. The average Bonchev–Trinajstić information content (AvgIpc) is 2.79. The molecule has 0 amide bonds. The van der Waals surface area contributed by atoms with Gasteiger partial charge in [0.15, 0.2) is 5.82 Å². The summed E-state index contributed by atoms with van der Waals surface area (Å²) in [5, 5.41) is 11.5. The third kappa shape index (κ3) is 3.76. The minimum Gasteiger partial charge on any atom is -0.398 e. The quantitative estimate of drug-likeness (QED) is 0.802. The number of tetrazole rings is 1. The second-order valence-corrected chi connectivity index (χ2v) is 7.56. The number of benzene rings is 1. The van der Waals surface area contributed by atoms with Crippen molar-refractivity contribution in [2.75, 3.05) is 17.7 Å². The molecule has 1 aromatic heterocycles. The first-order valence-electron chi connectivity index (χ1n) is 5.86. The van der Waals surface area contributed by atoms with E-state index in [-0.39, 0.29) is 5.75 Å². The highest BCUT2D eigenvalue weighted by molar-refractivity contribution is 9.10. The fraction of sp³-hybridized carbons (Fsp3) is 0.364. The van der Waals surface area contributed by atoms with Crippen LogP contribution in [0.5, 0.6) is 0 Å². The molecule has 0 aliphatic rings. The molecule has 0 fully saturated rings. The smallest absolute Gasteiger partial charge is 0.182 e. The minimum atomic E-state index is -2.98. The van der Waals surface area contributed by atoms with E-state index in [1.54, 1.807) is 10.7 Å². The average molecular weight is 360 g/mol. The van der Waals surface area contributed by atoms with Crippen LogP contribution in [0, 0.1) is 0 Å². The molecule has 1 heterocycles. The van der Waals surface area contributed by atoms with Crippen LogP contribution in [0.3, 0.4) is 0 Å². The van der Waals surface area contributed by atoms with Gasteiger partial charge in [0.2, 0.25) is 0 Å². The van der Waals surface area contributed by atoms with Crippen molar-refractivity contribution in [3.63, 3.8) is 0 Å². The summed E-state index contributed by atoms with van der Waals surface area (Å²) < 4.78 is 24.6. The molecule has 7 nitrogen and oxygen atoms in total. The topological polar surface area (TPSA) is 104 Å². The monoisotopic (exact) mass is 359 g/mol. The van der Waals surface area contributed by atoms with Gasteiger partial charge in [0.25, 0.3) is 0 Å². The van der Waals surface area contributed by atoms with Gasteiger partial charge in [-0.25, -0.2) is 13.1 Å². The maximum absolute atomic E-state index is 11.1. The van der Waals surface area contributed by atoms with E-state index in [1.807, 2.05) is 12.1 Å². The number of nitrogens with zero attached hydrogens (tertiary/aromatic N) is 4. The molecule has 0 saturated carbocycles. The lowest BCUT2D eigenvalue weighted by Gasteiger charge is -2.06. The Morgan fingerprint density at radius 3 is 2.80 bits per heavy atom. The fourth-order valence-electron chi connectivity index (χ4n) is 1.72. The van der Waals surface area contributed by atoms with Crippen LogP contribution in [0.15, 0.2) is 22.7 Å². The Kier molecular flexibility index (Phi) is 4.39. The van der Waals surface area contributed by atoms with Gasteiger partial charge in [-0.15, -0.1) is 5.10 Å². The highest BCUT2D eigenvalue weighted by Crippen LogP contribution is 2.25. The highest BCUT2D eigenvalue weighted by Gasteiger charge is 2.11. The maximum atomic E-state index is 11.1. The van der Waals surface area contributed by atoms with Gasteiger partial charge in [-0.3, -0.25) is 0 Å². The molecule has 0 atom stereocenters. The number of halogens is 1. The number of rotatable bonds is 5. The molecule has 2 aromatic rings. The van der Waals surface area contributed by atoms with Crippen molar-refractivity contribution in [2.45, 2.75) is 13.0 Å². The van der Waals surface area contributed by atoms with Gasteiger partial charge >= 0.3 is 0 Å². The zero-order valence-electron chi connectivity index (χ0n) is 10.8. The minimum absolute atomic E-state index is 0.106. The predicted molar refractivity (Wildman–Crippen MR) is 79.7 cm³/mol. The first kappa shape index (κ1) is 14.9. The first-order valence-corrected chi connectivity index (χ1v) is 8.71.